The van der Waals surface area contributed by atoms with Crippen LogP contribution < -0.4 is 9.62 Å². The summed E-state index contributed by atoms with van der Waals surface area (Å²) in [4.78, 5) is 29.3. The molecule has 3 aromatic carbocycles. The lowest BCUT2D eigenvalue weighted by Gasteiger charge is -2.34. The Labute approximate surface area is 248 Å². The minimum Gasteiger partial charge on any atom is -0.352 e. The number of hydrogen-bond acceptors (Lipinski definition) is 4. The molecule has 0 heterocycles. The Balaban J connectivity index is 1.72. The van der Waals surface area contributed by atoms with Crippen LogP contribution in [0.4, 0.5) is 5.69 Å². The van der Waals surface area contributed by atoms with Crippen LogP contribution in [0.25, 0.3) is 0 Å². The summed E-state index contributed by atoms with van der Waals surface area (Å²) in [6, 6.07) is 20.1. The molecule has 0 bridgehead atoms. The van der Waals surface area contributed by atoms with Crippen molar-refractivity contribution in [3.8, 4) is 0 Å². The summed E-state index contributed by atoms with van der Waals surface area (Å²) in [5.74, 6) is -0.683. The van der Waals surface area contributed by atoms with E-state index in [9.17, 15) is 18.0 Å². The van der Waals surface area contributed by atoms with Crippen LogP contribution in [0.15, 0.2) is 77.7 Å². The molecule has 9 heteroatoms. The van der Waals surface area contributed by atoms with Crippen molar-refractivity contribution in [2.75, 3.05) is 10.8 Å². The predicted molar refractivity (Wildman–Crippen MR) is 163 cm³/mol. The van der Waals surface area contributed by atoms with Crippen LogP contribution in [0, 0.1) is 13.8 Å². The second-order valence-corrected chi connectivity index (χ2v) is 13.0. The Bertz CT molecular complexity index is 1450. The highest BCUT2D eigenvalue weighted by atomic mass is 35.5. The summed E-state index contributed by atoms with van der Waals surface area (Å²) in [6.07, 6.45) is 4.36. The van der Waals surface area contributed by atoms with Gasteiger partial charge in [-0.2, -0.15) is 0 Å². The molecule has 1 N–H and O–H groups in total. The molecule has 0 aromatic heterocycles. The van der Waals surface area contributed by atoms with Gasteiger partial charge in [0.15, 0.2) is 0 Å². The highest BCUT2D eigenvalue weighted by Gasteiger charge is 2.35. The molecular formula is C32H38ClN3O4S. The van der Waals surface area contributed by atoms with E-state index in [1.807, 2.05) is 45.0 Å². The summed E-state index contributed by atoms with van der Waals surface area (Å²) in [7, 11) is -4.10. The first-order valence-electron chi connectivity index (χ1n) is 14.1. The van der Waals surface area contributed by atoms with Crippen molar-refractivity contribution in [1.29, 1.82) is 0 Å². The van der Waals surface area contributed by atoms with Crippen molar-refractivity contribution in [2.45, 2.75) is 76.4 Å². The number of para-hydroxylation sites is 1. The molecule has 1 fully saturated rings. The van der Waals surface area contributed by atoms with Gasteiger partial charge in [-0.15, -0.1) is 0 Å². The maximum absolute atomic E-state index is 14.2. The maximum atomic E-state index is 14.2. The second-order valence-electron chi connectivity index (χ2n) is 10.7. The third-order valence-corrected chi connectivity index (χ3v) is 9.65. The summed E-state index contributed by atoms with van der Waals surface area (Å²) in [5.41, 5.74) is 2.84. The molecule has 3 aromatic rings. The number of benzene rings is 3. The average Bonchev–Trinajstić information content (AvgIpc) is 3.46. The van der Waals surface area contributed by atoms with E-state index >= 15 is 0 Å². The number of nitrogens with one attached hydrogen (secondary N) is 1. The van der Waals surface area contributed by atoms with Crippen LogP contribution in [0.1, 0.15) is 55.7 Å². The Morgan fingerprint density at radius 2 is 1.59 bits per heavy atom. The van der Waals surface area contributed by atoms with E-state index in [1.54, 1.807) is 48.5 Å². The van der Waals surface area contributed by atoms with Crippen LogP contribution in [-0.4, -0.2) is 43.8 Å². The van der Waals surface area contributed by atoms with Gasteiger partial charge in [0.25, 0.3) is 10.0 Å². The molecule has 41 heavy (non-hydrogen) atoms. The zero-order valence-electron chi connectivity index (χ0n) is 23.8. The number of carbonyl (C=O) groups is 2. The summed E-state index contributed by atoms with van der Waals surface area (Å²) in [6.45, 7) is 5.24. The second kappa shape index (κ2) is 13.5. The topological polar surface area (TPSA) is 86.8 Å². The first-order chi connectivity index (χ1) is 19.6. The van der Waals surface area contributed by atoms with Crippen molar-refractivity contribution in [3.05, 3.63) is 94.5 Å². The molecule has 2 amide bonds. The van der Waals surface area contributed by atoms with Gasteiger partial charge >= 0.3 is 0 Å². The Hall–Kier alpha value is -3.36. The summed E-state index contributed by atoms with van der Waals surface area (Å²) >= 11 is 6.10. The van der Waals surface area contributed by atoms with Gasteiger partial charge in [0, 0.05) is 17.6 Å². The van der Waals surface area contributed by atoms with Gasteiger partial charge in [0.2, 0.25) is 11.8 Å². The maximum Gasteiger partial charge on any atom is 0.264 e. The number of halogens is 1. The van der Waals surface area contributed by atoms with Crippen LogP contribution in [0.5, 0.6) is 0 Å². The number of hydrogen-bond donors (Lipinski definition) is 1. The van der Waals surface area contributed by atoms with Gasteiger partial charge in [-0.25, -0.2) is 8.42 Å². The number of sulfonamides is 1. The fourth-order valence-electron chi connectivity index (χ4n) is 5.27. The smallest absolute Gasteiger partial charge is 0.264 e. The molecule has 1 aliphatic carbocycles. The number of anilines is 1. The fourth-order valence-corrected chi connectivity index (χ4v) is 6.87. The van der Waals surface area contributed by atoms with E-state index in [1.165, 1.54) is 4.90 Å². The predicted octanol–water partition coefficient (Wildman–Crippen LogP) is 6.02. The number of amides is 2. The lowest BCUT2D eigenvalue weighted by atomic mass is 10.1. The Morgan fingerprint density at radius 1 is 0.951 bits per heavy atom. The van der Waals surface area contributed by atoms with E-state index in [-0.39, 0.29) is 23.4 Å². The Morgan fingerprint density at radius 3 is 2.20 bits per heavy atom. The van der Waals surface area contributed by atoms with Gasteiger partial charge in [0.05, 0.1) is 10.6 Å². The summed E-state index contributed by atoms with van der Waals surface area (Å²) < 4.78 is 29.2. The molecular weight excluding hydrogens is 558 g/mol. The van der Waals surface area contributed by atoms with Crippen LogP contribution in [0.3, 0.4) is 0 Å². The highest BCUT2D eigenvalue weighted by molar-refractivity contribution is 7.92. The van der Waals surface area contributed by atoms with E-state index in [4.69, 9.17) is 11.6 Å². The monoisotopic (exact) mass is 595 g/mol. The number of rotatable bonds is 11. The standard InChI is InChI=1S/C32H38ClN3O4S/c1-4-29(32(38)34-27-10-6-7-11-27)35(21-25-15-17-26(33)18-16-25)31(37)22-36(30-12-8-5-9-24(30)3)41(39,40)28-19-13-23(2)14-20-28/h5,8-9,12-20,27,29H,4,6-7,10-11,21-22H2,1-3H3,(H,34,38)/t29-/m0/s1. The fraction of sp³-hybridized carbons (Fsp3) is 0.375. The number of carbonyl (C=O) groups excluding carboxylic acids is 2. The van der Waals surface area contributed by atoms with Crippen molar-refractivity contribution in [3.63, 3.8) is 0 Å². The molecule has 7 nitrogen and oxygen atoms in total. The minimum atomic E-state index is -4.10. The molecule has 1 atom stereocenters. The number of aryl methyl sites for hydroxylation is 2. The van der Waals surface area contributed by atoms with Gasteiger partial charge in [-0.1, -0.05) is 79.4 Å². The third-order valence-electron chi connectivity index (χ3n) is 7.63. The van der Waals surface area contributed by atoms with Crippen LogP contribution >= 0.6 is 11.6 Å². The molecule has 0 unspecified atom stereocenters. The molecule has 4 rings (SSSR count). The highest BCUT2D eigenvalue weighted by Crippen LogP contribution is 2.28. The first kappa shape index (κ1) is 30.6. The molecule has 0 saturated heterocycles. The van der Waals surface area contributed by atoms with Gasteiger partial charge in [-0.05, 0) is 74.6 Å². The minimum absolute atomic E-state index is 0.0921. The van der Waals surface area contributed by atoms with Crippen molar-refractivity contribution >= 4 is 39.1 Å². The zero-order chi connectivity index (χ0) is 29.6. The third kappa shape index (κ3) is 7.49. The van der Waals surface area contributed by atoms with Gasteiger partial charge in [0.1, 0.15) is 12.6 Å². The first-order valence-corrected chi connectivity index (χ1v) is 15.9. The lowest BCUT2D eigenvalue weighted by molar-refractivity contribution is -0.140. The average molecular weight is 596 g/mol. The van der Waals surface area contributed by atoms with Crippen molar-refractivity contribution in [2.24, 2.45) is 0 Å². The van der Waals surface area contributed by atoms with E-state index in [2.05, 4.69) is 5.32 Å². The molecule has 218 valence electrons. The molecule has 0 aliphatic heterocycles. The summed E-state index contributed by atoms with van der Waals surface area (Å²) in [5, 5.41) is 3.69. The largest absolute Gasteiger partial charge is 0.352 e. The molecule has 1 saturated carbocycles. The normalized spacial score (nSPS) is 14.4. The molecule has 0 radical (unpaired) electrons. The van der Waals surface area contributed by atoms with Gasteiger partial charge in [-0.3, -0.25) is 13.9 Å². The zero-order valence-corrected chi connectivity index (χ0v) is 25.4. The van der Waals surface area contributed by atoms with Crippen LogP contribution in [0.2, 0.25) is 5.02 Å². The quantitative estimate of drug-likeness (QED) is 0.294. The van der Waals surface area contributed by atoms with Crippen molar-refractivity contribution < 1.29 is 18.0 Å². The van der Waals surface area contributed by atoms with E-state index < -0.39 is 28.5 Å². The SMILES string of the molecule is CC[C@@H](C(=O)NC1CCCC1)N(Cc1ccc(Cl)cc1)C(=O)CN(c1ccccc1C)S(=O)(=O)c1ccc(C)cc1. The lowest BCUT2D eigenvalue weighted by Crippen LogP contribution is -2.53. The molecule has 1 aliphatic rings. The molecule has 0 spiro atoms. The van der Waals surface area contributed by atoms with Gasteiger partial charge < -0.3 is 10.2 Å². The van der Waals surface area contributed by atoms with Crippen LogP contribution in [-0.2, 0) is 26.2 Å². The number of nitrogens with zero attached hydrogens (tertiary/aromatic N) is 2. The van der Waals surface area contributed by atoms with E-state index in [0.29, 0.717) is 22.7 Å². The van der Waals surface area contributed by atoms with Crippen molar-refractivity contribution in [1.82, 2.24) is 10.2 Å². The Kier molecular flexibility index (Phi) is 10.1. The van der Waals surface area contributed by atoms with E-state index in [0.717, 1.165) is 41.1 Å².